The van der Waals surface area contributed by atoms with Crippen molar-refractivity contribution in [1.29, 1.82) is 0 Å². The van der Waals surface area contributed by atoms with Crippen molar-refractivity contribution in [3.63, 3.8) is 0 Å². The third-order valence-corrected chi connectivity index (χ3v) is 5.81. The molecule has 0 bridgehead atoms. The number of thiophene rings is 1. The van der Waals surface area contributed by atoms with Crippen LogP contribution < -0.4 is 10.5 Å². The van der Waals surface area contributed by atoms with E-state index in [1.807, 2.05) is 44.4 Å². The summed E-state index contributed by atoms with van der Waals surface area (Å²) in [5.41, 5.74) is 7.29. The average Bonchev–Trinajstić information content (AvgIpc) is 3.05. The first-order chi connectivity index (χ1) is 12.2. The first kappa shape index (κ1) is 18.7. The number of halogens is 1. The van der Waals surface area contributed by atoms with Gasteiger partial charge in [-0.2, -0.15) is 0 Å². The van der Waals surface area contributed by atoms with Crippen molar-refractivity contribution in [2.45, 2.75) is 38.8 Å². The van der Waals surface area contributed by atoms with Gasteiger partial charge in [-0.15, -0.1) is 11.3 Å². The third kappa shape index (κ3) is 3.57. The van der Waals surface area contributed by atoms with E-state index in [2.05, 4.69) is 11.1 Å². The number of carbonyl (C=O) groups excluding carboxylic acids is 1. The van der Waals surface area contributed by atoms with E-state index >= 15 is 0 Å². The van der Waals surface area contributed by atoms with E-state index in [1.54, 1.807) is 18.4 Å². The minimum atomic E-state index is -0.638. The van der Waals surface area contributed by atoms with Crippen molar-refractivity contribution in [3.05, 3.63) is 39.5 Å². The van der Waals surface area contributed by atoms with Crippen LogP contribution >= 0.6 is 22.9 Å². The highest BCUT2D eigenvalue weighted by atomic mass is 35.5. The number of guanidine groups is 1. The van der Waals surface area contributed by atoms with E-state index in [0.717, 1.165) is 16.0 Å². The van der Waals surface area contributed by atoms with Gasteiger partial charge in [0.1, 0.15) is 11.3 Å². The summed E-state index contributed by atoms with van der Waals surface area (Å²) < 4.78 is 5.68. The van der Waals surface area contributed by atoms with E-state index in [0.29, 0.717) is 17.2 Å². The van der Waals surface area contributed by atoms with E-state index < -0.39 is 5.54 Å². The first-order valence-corrected chi connectivity index (χ1v) is 9.63. The standard InChI is InChI=1S/C19H22ClN3O2S/c1-11(2)25-15-6-5-12(7-14(15)20)13-8-16(26-10-13)19(3)9-17(24)23(4)18(21)22-19/h5-8,10-11H,9H2,1-4H3,(H2,21,22)/t19-/m0/s1. The fourth-order valence-electron chi connectivity index (χ4n) is 2.85. The topological polar surface area (TPSA) is 67.9 Å². The zero-order valence-electron chi connectivity index (χ0n) is 15.2. The molecule has 2 heterocycles. The van der Waals surface area contributed by atoms with Gasteiger partial charge in [0.15, 0.2) is 5.96 Å². The SMILES string of the molecule is CC(C)Oc1ccc(-c2csc([C@]3(C)CC(=O)N(C)C(N)=N3)c2)cc1Cl. The Labute approximate surface area is 162 Å². The van der Waals surface area contributed by atoms with Crippen LogP contribution in [0.5, 0.6) is 5.75 Å². The number of amides is 1. The molecule has 7 heteroatoms. The van der Waals surface area contributed by atoms with Crippen molar-refractivity contribution in [2.24, 2.45) is 10.7 Å². The lowest BCUT2D eigenvalue weighted by molar-refractivity contribution is -0.128. The van der Waals surface area contributed by atoms with E-state index in [9.17, 15) is 4.79 Å². The van der Waals surface area contributed by atoms with Crippen LogP contribution in [0.4, 0.5) is 0 Å². The number of rotatable bonds is 4. The molecule has 0 saturated heterocycles. The van der Waals surface area contributed by atoms with Crippen LogP contribution in [-0.4, -0.2) is 29.9 Å². The minimum Gasteiger partial charge on any atom is -0.489 e. The van der Waals surface area contributed by atoms with Gasteiger partial charge in [-0.3, -0.25) is 9.69 Å². The maximum Gasteiger partial charge on any atom is 0.231 e. The molecule has 1 aliphatic heterocycles. The summed E-state index contributed by atoms with van der Waals surface area (Å²) in [7, 11) is 1.64. The molecule has 0 unspecified atom stereocenters. The molecular weight excluding hydrogens is 370 g/mol. The van der Waals surface area contributed by atoms with E-state index in [-0.39, 0.29) is 18.0 Å². The van der Waals surface area contributed by atoms with Gasteiger partial charge in [0.2, 0.25) is 5.91 Å². The second-order valence-corrected chi connectivity index (χ2v) is 8.20. The van der Waals surface area contributed by atoms with Gasteiger partial charge in [-0.25, -0.2) is 4.99 Å². The van der Waals surface area contributed by atoms with E-state index in [1.165, 1.54) is 4.90 Å². The van der Waals surface area contributed by atoms with Crippen LogP contribution in [0, 0.1) is 0 Å². The molecule has 138 valence electrons. The molecule has 1 aliphatic rings. The van der Waals surface area contributed by atoms with Crippen molar-refractivity contribution < 1.29 is 9.53 Å². The molecule has 0 aliphatic carbocycles. The Morgan fingerprint density at radius 3 is 2.69 bits per heavy atom. The van der Waals surface area contributed by atoms with Gasteiger partial charge in [-0.05, 0) is 55.5 Å². The second-order valence-electron chi connectivity index (χ2n) is 6.88. The van der Waals surface area contributed by atoms with Gasteiger partial charge in [-0.1, -0.05) is 17.7 Å². The van der Waals surface area contributed by atoms with Crippen molar-refractivity contribution >= 4 is 34.8 Å². The zero-order valence-corrected chi connectivity index (χ0v) is 16.8. The quantitative estimate of drug-likeness (QED) is 0.847. The van der Waals surface area contributed by atoms with Crippen LogP contribution in [-0.2, 0) is 10.3 Å². The van der Waals surface area contributed by atoms with Gasteiger partial charge in [0.25, 0.3) is 0 Å². The molecule has 2 aromatic rings. The summed E-state index contributed by atoms with van der Waals surface area (Å²) in [6.07, 6.45) is 0.364. The number of ether oxygens (including phenoxy) is 1. The fourth-order valence-corrected chi connectivity index (χ4v) is 4.10. The van der Waals surface area contributed by atoms with Gasteiger partial charge < -0.3 is 10.5 Å². The maximum absolute atomic E-state index is 12.2. The number of hydrogen-bond acceptors (Lipinski definition) is 5. The number of aliphatic imine (C=N–C) groups is 1. The van der Waals surface area contributed by atoms with Crippen LogP contribution in [0.1, 0.15) is 32.1 Å². The van der Waals surface area contributed by atoms with Crippen molar-refractivity contribution in [1.82, 2.24) is 4.90 Å². The Balaban J connectivity index is 1.91. The molecule has 1 aromatic carbocycles. The largest absolute Gasteiger partial charge is 0.489 e. The molecule has 0 radical (unpaired) electrons. The number of hydrogen-bond donors (Lipinski definition) is 1. The average molecular weight is 392 g/mol. The molecule has 26 heavy (non-hydrogen) atoms. The monoisotopic (exact) mass is 391 g/mol. The van der Waals surface area contributed by atoms with Crippen molar-refractivity contribution in [3.8, 4) is 16.9 Å². The molecule has 0 spiro atoms. The van der Waals surface area contributed by atoms with Crippen LogP contribution in [0.2, 0.25) is 5.02 Å². The molecule has 1 atom stereocenters. The van der Waals surface area contributed by atoms with Crippen LogP contribution in [0.3, 0.4) is 0 Å². The lowest BCUT2D eigenvalue weighted by Crippen LogP contribution is -2.47. The number of benzene rings is 1. The highest BCUT2D eigenvalue weighted by Crippen LogP contribution is 2.40. The summed E-state index contributed by atoms with van der Waals surface area (Å²) in [5, 5.41) is 2.62. The second kappa shape index (κ2) is 6.93. The summed E-state index contributed by atoms with van der Waals surface area (Å²) >= 11 is 7.92. The summed E-state index contributed by atoms with van der Waals surface area (Å²) in [6, 6.07) is 7.81. The van der Waals surface area contributed by atoms with Crippen molar-refractivity contribution in [2.75, 3.05) is 7.05 Å². The zero-order chi connectivity index (χ0) is 19.1. The minimum absolute atomic E-state index is 0.0341. The summed E-state index contributed by atoms with van der Waals surface area (Å²) in [4.78, 5) is 19.1. The maximum atomic E-state index is 12.2. The number of carbonyl (C=O) groups is 1. The highest BCUT2D eigenvalue weighted by Gasteiger charge is 2.37. The summed E-state index contributed by atoms with van der Waals surface area (Å²) in [6.45, 7) is 5.86. The molecule has 3 rings (SSSR count). The van der Waals surface area contributed by atoms with Crippen LogP contribution in [0.15, 0.2) is 34.6 Å². The Morgan fingerprint density at radius 2 is 2.08 bits per heavy atom. The molecule has 0 saturated carbocycles. The normalized spacial score (nSPS) is 20.5. The predicted octanol–water partition coefficient (Wildman–Crippen LogP) is 4.25. The molecular formula is C19H22ClN3O2S. The van der Waals surface area contributed by atoms with Crippen LogP contribution in [0.25, 0.3) is 11.1 Å². The predicted molar refractivity (Wildman–Crippen MR) is 107 cm³/mol. The third-order valence-electron chi connectivity index (χ3n) is 4.33. The molecule has 1 aromatic heterocycles. The molecule has 1 amide bonds. The van der Waals surface area contributed by atoms with Gasteiger partial charge in [0, 0.05) is 11.9 Å². The number of nitrogens with two attached hydrogens (primary N) is 1. The van der Waals surface area contributed by atoms with Gasteiger partial charge in [0.05, 0.1) is 17.5 Å². The Kier molecular flexibility index (Phi) is 4.99. The Bertz CT molecular complexity index is 877. The Morgan fingerprint density at radius 1 is 1.35 bits per heavy atom. The number of nitrogens with zero attached hydrogens (tertiary/aromatic N) is 2. The smallest absolute Gasteiger partial charge is 0.231 e. The Hall–Kier alpha value is -2.05. The summed E-state index contributed by atoms with van der Waals surface area (Å²) in [5.74, 6) is 0.885. The highest BCUT2D eigenvalue weighted by molar-refractivity contribution is 7.10. The molecule has 2 N–H and O–H groups in total. The molecule has 5 nitrogen and oxygen atoms in total. The fraction of sp³-hybridized carbons (Fsp3) is 0.368. The first-order valence-electron chi connectivity index (χ1n) is 8.37. The lowest BCUT2D eigenvalue weighted by Gasteiger charge is -2.32. The lowest BCUT2D eigenvalue weighted by atomic mass is 9.93. The molecule has 0 fully saturated rings. The van der Waals surface area contributed by atoms with Gasteiger partial charge >= 0.3 is 0 Å². The van der Waals surface area contributed by atoms with E-state index in [4.69, 9.17) is 22.1 Å².